The molecule has 5 N–H and O–H groups in total. The minimum atomic E-state index is -1.52. The third kappa shape index (κ3) is 10.6. The molecule has 2 atom stereocenters. The fourth-order valence-corrected chi connectivity index (χ4v) is 10.3. The number of aromatic amines is 4. The summed E-state index contributed by atoms with van der Waals surface area (Å²) in [7, 11) is 0. The lowest BCUT2D eigenvalue weighted by Gasteiger charge is -2.30. The number of imidazole rings is 2. The third-order valence-electron chi connectivity index (χ3n) is 14.1. The highest BCUT2D eigenvalue weighted by molar-refractivity contribution is 5.85. The maximum Gasteiger partial charge on any atom is 0.277 e. The van der Waals surface area contributed by atoms with Gasteiger partial charge in [0.15, 0.2) is 0 Å². The van der Waals surface area contributed by atoms with Gasteiger partial charge < -0.3 is 29.6 Å². The second kappa shape index (κ2) is 20.9. The molecule has 3 saturated heterocycles. The lowest BCUT2D eigenvalue weighted by molar-refractivity contribution is -0.149. The number of aryl methyl sites for hydroxylation is 2. The van der Waals surface area contributed by atoms with E-state index in [9.17, 15) is 33.1 Å². The lowest BCUT2D eigenvalue weighted by atomic mass is 9.99. The van der Waals surface area contributed by atoms with Crippen LogP contribution >= 0.6 is 0 Å². The van der Waals surface area contributed by atoms with Gasteiger partial charge >= 0.3 is 0 Å². The van der Waals surface area contributed by atoms with Crippen molar-refractivity contribution in [2.75, 3.05) is 45.9 Å². The molecule has 3 fully saturated rings. The van der Waals surface area contributed by atoms with Gasteiger partial charge in [0, 0.05) is 37.3 Å². The third-order valence-corrected chi connectivity index (χ3v) is 14.1. The Hall–Kier alpha value is -7.48. The summed E-state index contributed by atoms with van der Waals surface area (Å²) in [5.41, 5.74) is 5.62. The highest BCUT2D eigenvalue weighted by atomic mass is 19.1. The normalized spacial score (nSPS) is 17.4. The van der Waals surface area contributed by atoms with Gasteiger partial charge in [0.25, 0.3) is 17.0 Å². The molecule has 2 unspecified atom stereocenters. The van der Waals surface area contributed by atoms with Crippen molar-refractivity contribution < 1.29 is 28.2 Å². The van der Waals surface area contributed by atoms with Gasteiger partial charge in [-0.15, -0.1) is 0 Å². The van der Waals surface area contributed by atoms with E-state index in [0.717, 1.165) is 71.2 Å². The Kier molecular flexibility index (Phi) is 14.1. The number of nitrogens with one attached hydrogen (secondary N) is 4. The number of carbonyl (C=O) groups is 2. The second-order valence-corrected chi connectivity index (χ2v) is 19.5. The fourth-order valence-electron chi connectivity index (χ4n) is 10.3. The number of aliphatic hydroxyl groups is 1. The van der Waals surface area contributed by atoms with Crippen LogP contribution in [-0.2, 0) is 40.0 Å². The monoisotopic (exact) mass is 995 g/mol. The van der Waals surface area contributed by atoms with Crippen molar-refractivity contribution in [3.05, 3.63) is 163 Å². The zero-order chi connectivity index (χ0) is 50.8. The number of fused-ring (bicyclic) bond motifs is 2. The van der Waals surface area contributed by atoms with Gasteiger partial charge in [-0.25, -0.2) is 18.7 Å². The molecule has 0 bridgehead atoms. The fraction of sp³-hybridized carbons (Fsp3) is 0.370. The van der Waals surface area contributed by atoms with E-state index in [1.54, 1.807) is 29.2 Å². The largest absolute Gasteiger partial charge is 0.381 e. The van der Waals surface area contributed by atoms with Crippen LogP contribution < -0.4 is 11.1 Å². The number of halogens is 2. The van der Waals surface area contributed by atoms with Crippen molar-refractivity contribution in [3.63, 3.8) is 0 Å². The molecule has 0 aliphatic carbocycles. The molecule has 380 valence electrons. The molecule has 0 spiro atoms. The first-order valence-corrected chi connectivity index (χ1v) is 25.0. The van der Waals surface area contributed by atoms with Crippen LogP contribution in [0.25, 0.3) is 34.0 Å². The van der Waals surface area contributed by atoms with Crippen LogP contribution in [0.2, 0.25) is 0 Å². The van der Waals surface area contributed by atoms with Crippen molar-refractivity contribution >= 4 is 33.9 Å². The van der Waals surface area contributed by atoms with Gasteiger partial charge in [-0.3, -0.25) is 34.3 Å². The van der Waals surface area contributed by atoms with Crippen molar-refractivity contribution in [1.29, 1.82) is 0 Å². The van der Waals surface area contributed by atoms with Crippen LogP contribution in [-0.4, -0.2) is 123 Å². The van der Waals surface area contributed by atoms with Gasteiger partial charge in [-0.1, -0.05) is 48.5 Å². The van der Waals surface area contributed by atoms with E-state index in [-0.39, 0.29) is 46.7 Å². The molecule has 19 heteroatoms. The number of amides is 2. The van der Waals surface area contributed by atoms with Gasteiger partial charge in [0.1, 0.15) is 17.2 Å². The Labute approximate surface area is 418 Å². The Bertz CT molecular complexity index is 3290. The highest BCUT2D eigenvalue weighted by Gasteiger charge is 2.40. The summed E-state index contributed by atoms with van der Waals surface area (Å²) < 4.78 is 35.1. The Morgan fingerprint density at radius 3 is 1.56 bits per heavy atom. The summed E-state index contributed by atoms with van der Waals surface area (Å²) in [5.74, 6) is -0.129. The van der Waals surface area contributed by atoms with E-state index >= 15 is 0 Å². The molecule has 4 aromatic heterocycles. The molecular formula is C54H59F2N11O6. The van der Waals surface area contributed by atoms with Crippen LogP contribution in [0.1, 0.15) is 85.3 Å². The average molecular weight is 996 g/mol. The molecule has 11 rings (SSSR count). The van der Waals surface area contributed by atoms with Gasteiger partial charge in [-0.2, -0.15) is 9.36 Å². The highest BCUT2D eigenvalue weighted by Crippen LogP contribution is 2.36. The number of morpholine rings is 1. The summed E-state index contributed by atoms with van der Waals surface area (Å²) in [5, 5.41) is 16.9. The summed E-state index contributed by atoms with van der Waals surface area (Å²) in [6, 6.07) is 27.1. The summed E-state index contributed by atoms with van der Waals surface area (Å²) in [6.07, 6.45) is 5.07. The first-order chi connectivity index (χ1) is 35.3. The SMILES string of the molecule is CC(C)(O)C(=O)N1CCCC1c1[nH]n(-c2nc3ccccc3[nH]2)c(=O)c1CCc1ccc(F)cc1.O=C(CN1CCOCC1)N1CCCC1c1[nH]n(-c2nc3ccccc3[nH]2)c(=O)c1CCc1ccc(F)cc1. The van der Waals surface area contributed by atoms with Gasteiger partial charge in [0.2, 0.25) is 17.8 Å². The van der Waals surface area contributed by atoms with Crippen molar-refractivity contribution in [1.82, 2.24) is 54.2 Å². The lowest BCUT2D eigenvalue weighted by Crippen LogP contribution is -2.45. The topological polar surface area (TPSA) is 206 Å². The van der Waals surface area contributed by atoms with E-state index in [1.807, 2.05) is 53.4 Å². The molecule has 3 aliphatic rings. The van der Waals surface area contributed by atoms with Crippen LogP contribution in [0.4, 0.5) is 8.78 Å². The summed E-state index contributed by atoms with van der Waals surface area (Å²) in [4.78, 5) is 75.0. The molecule has 0 saturated carbocycles. The van der Waals surface area contributed by atoms with E-state index in [2.05, 4.69) is 35.0 Å². The number of ether oxygens (including phenoxy) is 1. The Morgan fingerprint density at radius 1 is 0.644 bits per heavy atom. The number of benzene rings is 4. The van der Waals surface area contributed by atoms with Crippen molar-refractivity contribution in [2.24, 2.45) is 0 Å². The number of hydrogen-bond acceptors (Lipinski definition) is 9. The first kappa shape index (κ1) is 49.1. The number of rotatable bonds is 13. The molecule has 4 aromatic carbocycles. The Morgan fingerprint density at radius 2 is 1.10 bits per heavy atom. The number of H-pyrrole nitrogens is 4. The number of carbonyl (C=O) groups excluding carboxylic acids is 2. The average Bonchev–Trinajstić information content (AvgIpc) is 4.26. The number of hydrogen-bond donors (Lipinski definition) is 5. The molecule has 2 amide bonds. The molecular weight excluding hydrogens is 937 g/mol. The van der Waals surface area contributed by atoms with E-state index in [1.165, 1.54) is 47.5 Å². The van der Waals surface area contributed by atoms with Crippen LogP contribution in [0.15, 0.2) is 107 Å². The Balaban J connectivity index is 0.000000168. The minimum Gasteiger partial charge on any atom is -0.381 e. The zero-order valence-corrected chi connectivity index (χ0v) is 40.9. The smallest absolute Gasteiger partial charge is 0.277 e. The van der Waals surface area contributed by atoms with Crippen LogP contribution in [0.5, 0.6) is 0 Å². The maximum atomic E-state index is 13.8. The van der Waals surface area contributed by atoms with E-state index in [4.69, 9.17) is 4.74 Å². The van der Waals surface area contributed by atoms with Crippen LogP contribution in [0, 0.1) is 11.6 Å². The van der Waals surface area contributed by atoms with E-state index in [0.29, 0.717) is 93.7 Å². The zero-order valence-electron chi connectivity index (χ0n) is 40.9. The quantitative estimate of drug-likeness (QED) is 0.0870. The van der Waals surface area contributed by atoms with Crippen LogP contribution in [0.3, 0.4) is 0 Å². The molecule has 17 nitrogen and oxygen atoms in total. The number of aromatic nitrogens is 8. The maximum absolute atomic E-state index is 13.8. The molecule has 3 aliphatic heterocycles. The minimum absolute atomic E-state index is 0.0659. The molecule has 0 radical (unpaired) electrons. The number of likely N-dealkylation sites (tertiary alicyclic amines) is 2. The van der Waals surface area contributed by atoms with E-state index < -0.39 is 5.60 Å². The predicted molar refractivity (Wildman–Crippen MR) is 271 cm³/mol. The molecule has 8 aromatic rings. The predicted octanol–water partition coefficient (Wildman–Crippen LogP) is 6.36. The van der Waals surface area contributed by atoms with Gasteiger partial charge in [0.05, 0.1) is 65.3 Å². The summed E-state index contributed by atoms with van der Waals surface area (Å²) in [6.45, 7) is 7.21. The first-order valence-electron chi connectivity index (χ1n) is 25.0. The number of para-hydroxylation sites is 4. The molecule has 7 heterocycles. The van der Waals surface area contributed by atoms with Crippen molar-refractivity contribution in [3.8, 4) is 11.9 Å². The number of nitrogens with zero attached hydrogens (tertiary/aromatic N) is 7. The second-order valence-electron chi connectivity index (χ2n) is 19.5. The van der Waals surface area contributed by atoms with Crippen molar-refractivity contribution in [2.45, 2.75) is 82.9 Å². The molecule has 73 heavy (non-hydrogen) atoms. The van der Waals surface area contributed by atoms with Gasteiger partial charge in [-0.05, 0) is 125 Å². The standard InChI is InChI=1S/C28H31FN6O3.C26H28FN5O3/c29-20-10-7-19(8-11-20)9-12-21-26(24-6-3-13-34(24)25(36)18-33-14-16-38-17-15-33)32-35(27(21)37)28-30-22-4-1-2-5-23(22)31-28;1-26(2,35)24(34)31-15-5-8-21(31)22-18(14-11-16-9-12-17(27)13-10-16)23(33)32(30-22)25-28-19-6-3-4-7-20(19)29-25/h1-2,4-5,7-8,10-11,24,32H,3,6,9,12-18H2,(H,30,31);3-4,6-7,9-10,12-13,21,30,35H,5,8,11,14-15H2,1-2H3,(H,28,29). The summed E-state index contributed by atoms with van der Waals surface area (Å²) >= 11 is 0.